The van der Waals surface area contributed by atoms with E-state index in [1.54, 1.807) is 12.1 Å². The molecule has 2 aromatic carbocycles. The molecule has 9 heteroatoms. The Morgan fingerprint density at radius 1 is 1.00 bits per heavy atom. The summed E-state index contributed by atoms with van der Waals surface area (Å²) in [7, 11) is 0. The van der Waals surface area contributed by atoms with Crippen molar-refractivity contribution < 1.29 is 13.2 Å². The van der Waals surface area contributed by atoms with Gasteiger partial charge < -0.3 is 0 Å². The summed E-state index contributed by atoms with van der Waals surface area (Å²) in [5.74, 6) is -1.46. The van der Waals surface area contributed by atoms with E-state index in [0.29, 0.717) is 4.68 Å². The van der Waals surface area contributed by atoms with Crippen molar-refractivity contribution in [2.75, 3.05) is 0 Å². The van der Waals surface area contributed by atoms with Gasteiger partial charge in [0.1, 0.15) is 5.82 Å². The van der Waals surface area contributed by atoms with Gasteiger partial charge in [0, 0.05) is 0 Å². The molecular weight excluding hydrogens is 366 g/mol. The summed E-state index contributed by atoms with van der Waals surface area (Å²) in [4.78, 5) is 12.3. The highest BCUT2D eigenvalue weighted by atomic mass is 35.5. The van der Waals surface area contributed by atoms with Gasteiger partial charge in [-0.25, -0.2) is 13.8 Å². The molecule has 0 radical (unpaired) electrons. The van der Waals surface area contributed by atoms with Gasteiger partial charge in [0.05, 0.1) is 21.3 Å². The number of rotatable bonds is 3. The molecule has 0 amide bonds. The lowest BCUT2D eigenvalue weighted by Gasteiger charge is -2.06. The first-order chi connectivity index (χ1) is 11.4. The van der Waals surface area contributed by atoms with Gasteiger partial charge in [-0.1, -0.05) is 41.4 Å². The van der Waals surface area contributed by atoms with E-state index in [4.69, 9.17) is 23.2 Å². The summed E-state index contributed by atoms with van der Waals surface area (Å²) >= 11 is 11.9. The average Bonchev–Trinajstić information content (AvgIpc) is 2.85. The molecule has 1 heterocycles. The van der Waals surface area contributed by atoms with E-state index in [9.17, 15) is 18.0 Å². The van der Waals surface area contributed by atoms with Gasteiger partial charge in [-0.15, -0.1) is 5.10 Å². The molecule has 0 aliphatic carbocycles. The topological polar surface area (TPSA) is 39.8 Å². The van der Waals surface area contributed by atoms with Crippen LogP contribution in [-0.4, -0.2) is 14.3 Å². The predicted octanol–water partition coefficient (Wildman–Crippen LogP) is 4.54. The zero-order valence-electron chi connectivity index (χ0n) is 11.8. The second-order valence-electron chi connectivity index (χ2n) is 4.71. The van der Waals surface area contributed by atoms with Crippen LogP contribution in [0.5, 0.6) is 0 Å². The van der Waals surface area contributed by atoms with Crippen molar-refractivity contribution in [1.82, 2.24) is 14.3 Å². The number of alkyl halides is 2. The molecule has 3 rings (SSSR count). The van der Waals surface area contributed by atoms with Crippen LogP contribution in [0.15, 0.2) is 47.3 Å². The molecule has 0 N–H and O–H groups in total. The first-order valence-electron chi connectivity index (χ1n) is 6.61. The van der Waals surface area contributed by atoms with E-state index in [0.717, 1.165) is 6.07 Å². The molecule has 124 valence electrons. The van der Waals surface area contributed by atoms with E-state index in [1.807, 2.05) is 0 Å². The second kappa shape index (κ2) is 6.33. The van der Waals surface area contributed by atoms with Gasteiger partial charge in [-0.05, 0) is 24.3 Å². The maximum Gasteiger partial charge on any atom is 0.355 e. The van der Waals surface area contributed by atoms with Crippen molar-refractivity contribution in [2.45, 2.75) is 6.55 Å². The van der Waals surface area contributed by atoms with E-state index in [-0.39, 0.29) is 25.9 Å². The summed E-state index contributed by atoms with van der Waals surface area (Å²) in [5.41, 5.74) is -1.45. The summed E-state index contributed by atoms with van der Waals surface area (Å²) in [5, 5.41) is 3.82. The van der Waals surface area contributed by atoms with Crippen LogP contribution in [-0.2, 0) is 0 Å². The number of hydrogen-bond acceptors (Lipinski definition) is 2. The molecule has 0 aliphatic rings. The van der Waals surface area contributed by atoms with Crippen LogP contribution in [0.2, 0.25) is 10.0 Å². The molecule has 1 aromatic heterocycles. The summed E-state index contributed by atoms with van der Waals surface area (Å²) in [6.07, 6.45) is 0. The Morgan fingerprint density at radius 2 is 1.67 bits per heavy atom. The maximum atomic E-state index is 14.1. The molecule has 0 unspecified atom stereocenters. The molecule has 0 saturated heterocycles. The number of benzene rings is 2. The standard InChI is InChI=1S/C15H8Cl2F3N3O/c16-8-4-1-2-7-11(8)23-15(24)22(14(19)20)13(21-23)12-9(17)5-3-6-10(12)18/h1-7,14H. The summed E-state index contributed by atoms with van der Waals surface area (Å²) in [6, 6.07) is 9.74. The molecule has 0 aliphatic heterocycles. The highest BCUT2D eigenvalue weighted by Gasteiger charge is 2.26. The van der Waals surface area contributed by atoms with Crippen molar-refractivity contribution in [2.24, 2.45) is 0 Å². The van der Waals surface area contributed by atoms with Crippen molar-refractivity contribution in [3.05, 3.63) is 68.8 Å². The first kappa shape index (κ1) is 16.6. The van der Waals surface area contributed by atoms with Crippen molar-refractivity contribution in [3.63, 3.8) is 0 Å². The third-order valence-corrected chi connectivity index (χ3v) is 3.91. The van der Waals surface area contributed by atoms with Crippen LogP contribution in [0.3, 0.4) is 0 Å². The lowest BCUT2D eigenvalue weighted by Crippen LogP contribution is -2.24. The molecule has 0 saturated carbocycles. The van der Waals surface area contributed by atoms with Gasteiger partial charge >= 0.3 is 12.2 Å². The van der Waals surface area contributed by atoms with Crippen LogP contribution in [0.25, 0.3) is 17.1 Å². The van der Waals surface area contributed by atoms with Crippen molar-refractivity contribution >= 4 is 23.2 Å². The Kier molecular flexibility index (Phi) is 4.38. The third-order valence-electron chi connectivity index (χ3n) is 3.27. The lowest BCUT2D eigenvalue weighted by atomic mass is 10.2. The fourth-order valence-corrected chi connectivity index (χ4v) is 2.68. The Balaban J connectivity index is 2.35. The number of para-hydroxylation sites is 1. The number of nitrogens with zero attached hydrogens (tertiary/aromatic N) is 3. The zero-order valence-corrected chi connectivity index (χ0v) is 13.3. The van der Waals surface area contributed by atoms with Gasteiger partial charge in [0.15, 0.2) is 5.82 Å². The second-order valence-corrected chi connectivity index (χ2v) is 5.53. The Morgan fingerprint density at radius 3 is 2.29 bits per heavy atom. The maximum absolute atomic E-state index is 14.1. The molecular formula is C15H8Cl2F3N3O. The highest BCUT2D eigenvalue weighted by molar-refractivity contribution is 6.33. The average molecular weight is 374 g/mol. The van der Waals surface area contributed by atoms with E-state index in [1.165, 1.54) is 24.3 Å². The minimum atomic E-state index is -3.24. The normalized spacial score (nSPS) is 11.2. The van der Waals surface area contributed by atoms with Crippen LogP contribution in [0.1, 0.15) is 6.55 Å². The molecule has 0 spiro atoms. The Bertz CT molecular complexity index is 949. The summed E-state index contributed by atoms with van der Waals surface area (Å²) < 4.78 is 41.6. The van der Waals surface area contributed by atoms with Crippen LogP contribution in [0.4, 0.5) is 13.2 Å². The number of hydrogen-bond donors (Lipinski definition) is 0. The zero-order chi connectivity index (χ0) is 17.4. The predicted molar refractivity (Wildman–Crippen MR) is 84.5 cm³/mol. The molecule has 0 atom stereocenters. The van der Waals surface area contributed by atoms with E-state index in [2.05, 4.69) is 5.10 Å². The molecule has 24 heavy (non-hydrogen) atoms. The van der Waals surface area contributed by atoms with E-state index >= 15 is 0 Å². The van der Waals surface area contributed by atoms with Crippen LogP contribution < -0.4 is 5.69 Å². The third kappa shape index (κ3) is 2.70. The molecule has 0 fully saturated rings. The highest BCUT2D eigenvalue weighted by Crippen LogP contribution is 2.31. The SMILES string of the molecule is O=c1n(-c2ccccc2Cl)nc(-c2c(F)cccc2Cl)n1C(F)F. The smallest absolute Gasteiger partial charge is 0.245 e. The largest absolute Gasteiger partial charge is 0.355 e. The molecule has 4 nitrogen and oxygen atoms in total. The number of halogens is 5. The molecule has 0 bridgehead atoms. The fourth-order valence-electron chi connectivity index (χ4n) is 2.22. The Hall–Kier alpha value is -2.25. The monoisotopic (exact) mass is 373 g/mol. The minimum Gasteiger partial charge on any atom is -0.245 e. The minimum absolute atomic E-state index is 0.0631. The summed E-state index contributed by atoms with van der Waals surface area (Å²) in [6.45, 7) is -3.24. The molecule has 3 aromatic rings. The van der Waals surface area contributed by atoms with Gasteiger partial charge in [0.2, 0.25) is 0 Å². The Labute approximate surface area is 143 Å². The van der Waals surface area contributed by atoms with Gasteiger partial charge in [-0.3, -0.25) is 0 Å². The van der Waals surface area contributed by atoms with Crippen molar-refractivity contribution in [3.8, 4) is 17.1 Å². The van der Waals surface area contributed by atoms with Crippen LogP contribution >= 0.6 is 23.2 Å². The van der Waals surface area contributed by atoms with E-state index < -0.39 is 23.9 Å². The lowest BCUT2D eigenvalue weighted by molar-refractivity contribution is 0.0679. The fraction of sp³-hybridized carbons (Fsp3) is 0.0667. The van der Waals surface area contributed by atoms with Gasteiger partial charge in [0.25, 0.3) is 0 Å². The van der Waals surface area contributed by atoms with Crippen LogP contribution in [0, 0.1) is 5.82 Å². The first-order valence-corrected chi connectivity index (χ1v) is 7.36. The number of aromatic nitrogens is 3. The quantitative estimate of drug-likeness (QED) is 0.675. The van der Waals surface area contributed by atoms with Crippen molar-refractivity contribution in [1.29, 1.82) is 0 Å². The van der Waals surface area contributed by atoms with Gasteiger partial charge in [-0.2, -0.15) is 13.5 Å².